The van der Waals surface area contributed by atoms with Gasteiger partial charge in [0.15, 0.2) is 9.84 Å². The number of sulfone groups is 1. The largest absolute Gasteiger partial charge is 0.507 e. The van der Waals surface area contributed by atoms with Gasteiger partial charge in [-0.3, -0.25) is 0 Å². The molecular weight excluding hydrogens is 236 g/mol. The molecule has 0 spiro atoms. The lowest BCUT2D eigenvalue weighted by molar-refractivity contribution is 0.475. The van der Waals surface area contributed by atoms with Gasteiger partial charge in [0.25, 0.3) is 0 Å². The number of rotatable bonds is 2. The first-order valence-corrected chi connectivity index (χ1v) is 6.96. The molecule has 0 amide bonds. The van der Waals surface area contributed by atoms with Crippen LogP contribution in [0.2, 0.25) is 0 Å². The summed E-state index contributed by atoms with van der Waals surface area (Å²) in [6.07, 6.45) is 1.12. The lowest BCUT2D eigenvalue weighted by Crippen LogP contribution is -1.96. The van der Waals surface area contributed by atoms with Crippen molar-refractivity contribution in [2.45, 2.75) is 4.90 Å². The lowest BCUT2D eigenvalue weighted by atomic mass is 10.1. The van der Waals surface area contributed by atoms with E-state index < -0.39 is 9.84 Å². The van der Waals surface area contributed by atoms with Crippen LogP contribution in [-0.4, -0.2) is 19.8 Å². The highest BCUT2D eigenvalue weighted by Gasteiger charge is 2.11. The van der Waals surface area contributed by atoms with E-state index >= 15 is 0 Å². The van der Waals surface area contributed by atoms with Gasteiger partial charge in [-0.2, -0.15) is 0 Å². The summed E-state index contributed by atoms with van der Waals surface area (Å²) in [7, 11) is -3.28. The molecule has 1 N–H and O–H groups in total. The third kappa shape index (κ3) is 2.47. The van der Waals surface area contributed by atoms with Gasteiger partial charge in [-0.15, -0.1) is 0 Å². The van der Waals surface area contributed by atoms with Gasteiger partial charge in [0.2, 0.25) is 0 Å². The van der Waals surface area contributed by atoms with Crippen LogP contribution < -0.4 is 0 Å². The number of hydrogen-bond donors (Lipinski definition) is 1. The first kappa shape index (κ1) is 11.7. The minimum atomic E-state index is -3.28. The predicted molar refractivity (Wildman–Crippen MR) is 66.7 cm³/mol. The maximum atomic E-state index is 11.3. The van der Waals surface area contributed by atoms with Gasteiger partial charge in [0.1, 0.15) is 5.75 Å². The standard InChI is InChI=1S/C13H12O3S/c1-17(15,16)11-7-8-12(13(14)9-11)10-5-3-2-4-6-10/h2-9,14H,1H3. The minimum absolute atomic E-state index is 0.0286. The quantitative estimate of drug-likeness (QED) is 0.888. The van der Waals surface area contributed by atoms with Crippen molar-refractivity contribution in [2.75, 3.05) is 6.26 Å². The first-order chi connectivity index (χ1) is 7.98. The van der Waals surface area contributed by atoms with Crippen LogP contribution in [-0.2, 0) is 9.84 Å². The summed E-state index contributed by atoms with van der Waals surface area (Å²) >= 11 is 0. The molecular formula is C13H12O3S. The van der Waals surface area contributed by atoms with Gasteiger partial charge in [-0.05, 0) is 23.8 Å². The number of phenolic OH excluding ortho intramolecular Hbond substituents is 1. The highest BCUT2D eigenvalue weighted by atomic mass is 32.2. The Balaban J connectivity index is 2.54. The minimum Gasteiger partial charge on any atom is -0.507 e. The van der Waals surface area contributed by atoms with Crippen LogP contribution in [0, 0.1) is 0 Å². The Morgan fingerprint density at radius 2 is 1.65 bits per heavy atom. The van der Waals surface area contributed by atoms with E-state index in [0.717, 1.165) is 11.8 Å². The average Bonchev–Trinajstić information content (AvgIpc) is 2.29. The molecule has 0 fully saturated rings. The van der Waals surface area contributed by atoms with E-state index in [9.17, 15) is 13.5 Å². The molecule has 0 saturated heterocycles. The summed E-state index contributed by atoms with van der Waals surface area (Å²) in [5.41, 5.74) is 1.48. The van der Waals surface area contributed by atoms with Crippen LogP contribution >= 0.6 is 0 Å². The number of benzene rings is 2. The second-order valence-corrected chi connectivity index (χ2v) is 5.83. The highest BCUT2D eigenvalue weighted by Crippen LogP contribution is 2.30. The molecule has 0 bridgehead atoms. The van der Waals surface area contributed by atoms with Crippen LogP contribution in [0.3, 0.4) is 0 Å². The Kier molecular flexibility index (Phi) is 2.90. The molecule has 88 valence electrons. The highest BCUT2D eigenvalue weighted by molar-refractivity contribution is 7.90. The van der Waals surface area contributed by atoms with Crippen molar-refractivity contribution < 1.29 is 13.5 Å². The SMILES string of the molecule is CS(=O)(=O)c1ccc(-c2ccccc2)c(O)c1. The fraction of sp³-hybridized carbons (Fsp3) is 0.0769. The number of aromatic hydroxyl groups is 1. The van der Waals surface area contributed by atoms with Crippen molar-refractivity contribution in [3.63, 3.8) is 0 Å². The predicted octanol–water partition coefficient (Wildman–Crippen LogP) is 2.46. The summed E-state index contributed by atoms with van der Waals surface area (Å²) in [6.45, 7) is 0. The fourth-order valence-corrected chi connectivity index (χ4v) is 2.24. The molecule has 0 aliphatic heterocycles. The zero-order valence-electron chi connectivity index (χ0n) is 9.29. The molecule has 0 atom stereocenters. The Labute approximate surface area is 100 Å². The smallest absolute Gasteiger partial charge is 0.175 e. The zero-order valence-corrected chi connectivity index (χ0v) is 10.1. The van der Waals surface area contributed by atoms with E-state index in [1.165, 1.54) is 12.1 Å². The van der Waals surface area contributed by atoms with Gasteiger partial charge >= 0.3 is 0 Å². The van der Waals surface area contributed by atoms with Gasteiger partial charge < -0.3 is 5.11 Å². The van der Waals surface area contributed by atoms with Gasteiger partial charge in [-0.25, -0.2) is 8.42 Å². The van der Waals surface area contributed by atoms with Crippen LogP contribution in [0.15, 0.2) is 53.4 Å². The van der Waals surface area contributed by atoms with E-state index in [1.807, 2.05) is 30.3 Å². The normalized spacial score (nSPS) is 11.4. The van der Waals surface area contributed by atoms with Crippen molar-refractivity contribution >= 4 is 9.84 Å². The second kappa shape index (κ2) is 4.22. The van der Waals surface area contributed by atoms with Gasteiger partial charge in [0, 0.05) is 11.8 Å². The third-order valence-corrected chi connectivity index (χ3v) is 3.59. The summed E-state index contributed by atoms with van der Waals surface area (Å²) in [6, 6.07) is 13.7. The van der Waals surface area contributed by atoms with Crippen molar-refractivity contribution in [2.24, 2.45) is 0 Å². The molecule has 0 heterocycles. The third-order valence-electron chi connectivity index (χ3n) is 2.48. The van der Waals surface area contributed by atoms with E-state index in [1.54, 1.807) is 6.07 Å². The molecule has 0 aromatic heterocycles. The first-order valence-electron chi connectivity index (χ1n) is 5.07. The molecule has 0 saturated carbocycles. The average molecular weight is 248 g/mol. The summed E-state index contributed by atoms with van der Waals surface area (Å²) in [4.78, 5) is 0.120. The molecule has 2 rings (SSSR count). The molecule has 0 radical (unpaired) electrons. The van der Waals surface area contributed by atoms with E-state index in [4.69, 9.17) is 0 Å². The maximum Gasteiger partial charge on any atom is 0.175 e. The van der Waals surface area contributed by atoms with Crippen molar-refractivity contribution in [3.8, 4) is 16.9 Å². The van der Waals surface area contributed by atoms with E-state index in [2.05, 4.69) is 0 Å². The Morgan fingerprint density at radius 1 is 1.00 bits per heavy atom. The number of phenols is 1. The molecule has 2 aromatic rings. The van der Waals surface area contributed by atoms with Gasteiger partial charge in [-0.1, -0.05) is 30.3 Å². The molecule has 3 nitrogen and oxygen atoms in total. The summed E-state index contributed by atoms with van der Waals surface area (Å²) in [5.74, 6) is -0.0286. The Hall–Kier alpha value is -1.81. The maximum absolute atomic E-state index is 11.3. The van der Waals surface area contributed by atoms with Crippen LogP contribution in [0.1, 0.15) is 0 Å². The zero-order chi connectivity index (χ0) is 12.5. The van der Waals surface area contributed by atoms with Crippen molar-refractivity contribution in [1.82, 2.24) is 0 Å². The molecule has 0 aliphatic carbocycles. The van der Waals surface area contributed by atoms with Crippen molar-refractivity contribution in [3.05, 3.63) is 48.5 Å². The Morgan fingerprint density at radius 3 is 2.18 bits per heavy atom. The fourth-order valence-electron chi connectivity index (χ4n) is 1.60. The Bertz CT molecular complexity index is 631. The monoisotopic (exact) mass is 248 g/mol. The molecule has 4 heteroatoms. The summed E-state index contributed by atoms with van der Waals surface area (Å²) < 4.78 is 22.6. The summed E-state index contributed by atoms with van der Waals surface area (Å²) in [5, 5.41) is 9.84. The van der Waals surface area contributed by atoms with Crippen LogP contribution in [0.5, 0.6) is 5.75 Å². The second-order valence-electron chi connectivity index (χ2n) is 3.82. The molecule has 0 aliphatic rings. The number of hydrogen-bond acceptors (Lipinski definition) is 3. The van der Waals surface area contributed by atoms with E-state index in [0.29, 0.717) is 5.56 Å². The topological polar surface area (TPSA) is 54.4 Å². The van der Waals surface area contributed by atoms with Crippen LogP contribution in [0.4, 0.5) is 0 Å². The lowest BCUT2D eigenvalue weighted by Gasteiger charge is -2.06. The molecule has 2 aromatic carbocycles. The van der Waals surface area contributed by atoms with Crippen LogP contribution in [0.25, 0.3) is 11.1 Å². The van der Waals surface area contributed by atoms with E-state index in [-0.39, 0.29) is 10.6 Å². The molecule has 0 unspecified atom stereocenters. The molecule has 17 heavy (non-hydrogen) atoms. The van der Waals surface area contributed by atoms with Crippen molar-refractivity contribution in [1.29, 1.82) is 0 Å². The van der Waals surface area contributed by atoms with Gasteiger partial charge in [0.05, 0.1) is 4.90 Å².